The molecule has 0 fully saturated rings. The first-order valence-electron chi connectivity index (χ1n) is 12.8. The molecule has 0 heterocycles. The van der Waals surface area contributed by atoms with Crippen LogP contribution in [0.3, 0.4) is 0 Å². The van der Waals surface area contributed by atoms with Gasteiger partial charge in [-0.25, -0.2) is 8.42 Å². The van der Waals surface area contributed by atoms with Crippen LogP contribution in [0.5, 0.6) is 5.75 Å². The number of phenols is 1. The van der Waals surface area contributed by atoms with Gasteiger partial charge in [-0.15, -0.1) is 0 Å². The van der Waals surface area contributed by atoms with Gasteiger partial charge in [0.05, 0.1) is 24.5 Å². The highest BCUT2D eigenvalue weighted by Gasteiger charge is 2.26. The topological polar surface area (TPSA) is 77.4 Å². The van der Waals surface area contributed by atoms with E-state index in [1.165, 1.54) is 80.8 Å². The van der Waals surface area contributed by atoms with Gasteiger partial charge in [0.25, 0.3) is 0 Å². The molecule has 0 aliphatic carbocycles. The summed E-state index contributed by atoms with van der Waals surface area (Å²) in [5.74, 6) is -0.206. The van der Waals surface area contributed by atoms with Crippen molar-refractivity contribution < 1.29 is 22.6 Å². The molecule has 0 saturated carbocycles. The predicted octanol–water partition coefficient (Wildman–Crippen LogP) is 6.85. The van der Waals surface area contributed by atoms with Crippen LogP contribution in [0.1, 0.15) is 64.9 Å². The van der Waals surface area contributed by atoms with Gasteiger partial charge in [0, 0.05) is 10.9 Å². The second-order valence-electron chi connectivity index (χ2n) is 9.33. The summed E-state index contributed by atoms with van der Waals surface area (Å²) in [5, 5.41) is 10.6. The van der Waals surface area contributed by atoms with Crippen LogP contribution in [-0.2, 0) is 16.7 Å². The molecule has 1 N–H and O–H groups in total. The van der Waals surface area contributed by atoms with Crippen LogP contribution in [0.15, 0.2) is 71.6 Å². The van der Waals surface area contributed by atoms with Gasteiger partial charge in [0.2, 0.25) is 0 Å². The summed E-state index contributed by atoms with van der Waals surface area (Å²) in [6, 6.07) is 20.0. The molecular weight excluding hydrogens is 458 g/mol. The van der Waals surface area contributed by atoms with Crippen molar-refractivity contribution in [2.24, 2.45) is 0 Å². The third kappa shape index (κ3) is 9.28. The van der Waals surface area contributed by atoms with Crippen molar-refractivity contribution in [3.63, 3.8) is 0 Å². The maximum atomic E-state index is 10.8. The number of fused-ring (bicyclic) bond motifs is 1. The lowest BCUT2D eigenvalue weighted by Gasteiger charge is -2.39. The quantitative estimate of drug-likeness (QED) is 0.218. The normalized spacial score (nSPS) is 11.8. The van der Waals surface area contributed by atoms with Crippen LogP contribution in [0, 0.1) is 0 Å². The fourth-order valence-electron chi connectivity index (χ4n) is 4.43. The standard InChI is InChI=1S/C19H34N.C10H8O4S/c1-4-7-15-20(16-8-5-2,17-9-6-3)18-19-13-11-10-12-14-19;11-10-6-8(15(12,13)14)5-7-3-1-2-4-9(7)10/h10-14H,4-9,15-18H2,1-3H3;1-6,11H,(H,12,13,14)/q+1;/p-1. The number of nitrogens with zero attached hydrogens (tertiary/aromatic N) is 1. The Morgan fingerprint density at radius 3 is 1.80 bits per heavy atom. The number of phenolic OH excluding ortho intramolecular Hbond substituents is 1. The summed E-state index contributed by atoms with van der Waals surface area (Å²) in [4.78, 5) is -0.418. The van der Waals surface area contributed by atoms with Crippen molar-refractivity contribution in [1.82, 2.24) is 0 Å². The zero-order valence-electron chi connectivity index (χ0n) is 21.4. The Morgan fingerprint density at radius 1 is 0.771 bits per heavy atom. The van der Waals surface area contributed by atoms with Gasteiger partial charge in [0.1, 0.15) is 22.4 Å². The lowest BCUT2D eigenvalue weighted by molar-refractivity contribution is -0.941. The molecule has 3 rings (SSSR count). The zero-order valence-corrected chi connectivity index (χ0v) is 22.3. The van der Waals surface area contributed by atoms with Gasteiger partial charge in [-0.05, 0) is 36.8 Å². The summed E-state index contributed by atoms with van der Waals surface area (Å²) < 4.78 is 33.6. The molecular formula is C29H41NO4S. The predicted molar refractivity (Wildman–Crippen MR) is 143 cm³/mol. The SMILES string of the molecule is CCCC[N+](CCCC)(CCCC)Cc1ccccc1.O=S(=O)([O-])c1cc(O)c2ccccc2c1. The van der Waals surface area contributed by atoms with Gasteiger partial charge in [-0.2, -0.15) is 0 Å². The van der Waals surface area contributed by atoms with Crippen LogP contribution in [0.2, 0.25) is 0 Å². The molecule has 192 valence electrons. The molecule has 5 nitrogen and oxygen atoms in total. The van der Waals surface area contributed by atoms with E-state index in [9.17, 15) is 18.1 Å². The van der Waals surface area contributed by atoms with Crippen molar-refractivity contribution in [3.8, 4) is 5.75 Å². The van der Waals surface area contributed by atoms with Crippen LogP contribution < -0.4 is 0 Å². The smallest absolute Gasteiger partial charge is 0.124 e. The zero-order chi connectivity index (χ0) is 25.7. The first-order valence-corrected chi connectivity index (χ1v) is 14.2. The van der Waals surface area contributed by atoms with E-state index in [0.717, 1.165) is 6.07 Å². The largest absolute Gasteiger partial charge is 0.744 e. The van der Waals surface area contributed by atoms with E-state index >= 15 is 0 Å². The second-order valence-corrected chi connectivity index (χ2v) is 10.7. The Balaban J connectivity index is 0.000000256. The molecule has 0 amide bonds. The van der Waals surface area contributed by atoms with E-state index in [1.807, 2.05) is 0 Å². The van der Waals surface area contributed by atoms with Gasteiger partial charge in [-0.3, -0.25) is 0 Å². The van der Waals surface area contributed by atoms with Crippen LogP contribution >= 0.6 is 0 Å². The molecule has 0 atom stereocenters. The molecule has 0 aliphatic heterocycles. The van der Waals surface area contributed by atoms with Crippen molar-refractivity contribution in [1.29, 1.82) is 0 Å². The molecule has 0 radical (unpaired) electrons. The minimum absolute atomic E-state index is 0.206. The summed E-state index contributed by atoms with van der Waals surface area (Å²) in [6.45, 7) is 12.2. The number of benzene rings is 3. The van der Waals surface area contributed by atoms with E-state index < -0.39 is 15.0 Å². The van der Waals surface area contributed by atoms with E-state index in [1.54, 1.807) is 24.3 Å². The van der Waals surface area contributed by atoms with Gasteiger partial charge >= 0.3 is 0 Å². The highest BCUT2D eigenvalue weighted by Crippen LogP contribution is 2.28. The van der Waals surface area contributed by atoms with E-state index in [2.05, 4.69) is 51.1 Å². The maximum absolute atomic E-state index is 10.8. The number of aromatic hydroxyl groups is 1. The molecule has 0 aromatic heterocycles. The van der Waals surface area contributed by atoms with Crippen molar-refractivity contribution >= 4 is 20.9 Å². The third-order valence-electron chi connectivity index (χ3n) is 6.42. The molecule has 0 bridgehead atoms. The average molecular weight is 500 g/mol. The first kappa shape index (κ1) is 28.8. The van der Waals surface area contributed by atoms with Gasteiger partial charge in [0.15, 0.2) is 0 Å². The van der Waals surface area contributed by atoms with Crippen molar-refractivity contribution in [2.45, 2.75) is 70.7 Å². The Bertz CT molecular complexity index is 1110. The second kappa shape index (κ2) is 14.2. The lowest BCUT2D eigenvalue weighted by atomic mass is 10.1. The van der Waals surface area contributed by atoms with Crippen molar-refractivity contribution in [2.75, 3.05) is 19.6 Å². The Kier molecular flexibility index (Phi) is 11.7. The molecule has 3 aromatic rings. The Hall–Kier alpha value is -2.41. The number of quaternary nitrogens is 1. The summed E-state index contributed by atoms with van der Waals surface area (Å²) in [5.41, 5.74) is 1.51. The first-order chi connectivity index (χ1) is 16.7. The average Bonchev–Trinajstić information content (AvgIpc) is 2.85. The number of hydrogen-bond donors (Lipinski definition) is 1. The summed E-state index contributed by atoms with van der Waals surface area (Å²) in [6.07, 6.45) is 8.02. The minimum Gasteiger partial charge on any atom is -0.744 e. The monoisotopic (exact) mass is 499 g/mol. The molecule has 35 heavy (non-hydrogen) atoms. The molecule has 3 aromatic carbocycles. The van der Waals surface area contributed by atoms with E-state index in [-0.39, 0.29) is 5.75 Å². The molecule has 0 unspecified atom stereocenters. The fraction of sp³-hybridized carbons (Fsp3) is 0.448. The number of hydrogen-bond acceptors (Lipinski definition) is 4. The van der Waals surface area contributed by atoms with Gasteiger partial charge in [-0.1, -0.05) is 94.6 Å². The third-order valence-corrected chi connectivity index (χ3v) is 7.23. The van der Waals surface area contributed by atoms with Crippen LogP contribution in [-0.4, -0.2) is 42.2 Å². The summed E-state index contributed by atoms with van der Waals surface area (Å²) in [7, 11) is -4.53. The summed E-state index contributed by atoms with van der Waals surface area (Å²) >= 11 is 0. The number of unbranched alkanes of at least 4 members (excludes halogenated alkanes) is 3. The van der Waals surface area contributed by atoms with Crippen LogP contribution in [0.4, 0.5) is 0 Å². The highest BCUT2D eigenvalue weighted by atomic mass is 32.2. The molecule has 0 saturated heterocycles. The van der Waals surface area contributed by atoms with Crippen molar-refractivity contribution in [3.05, 3.63) is 72.3 Å². The number of rotatable bonds is 12. The minimum atomic E-state index is -4.53. The van der Waals surface area contributed by atoms with E-state index in [0.29, 0.717) is 10.8 Å². The maximum Gasteiger partial charge on any atom is 0.124 e. The Labute approximate surface area is 211 Å². The van der Waals surface area contributed by atoms with Crippen LogP contribution in [0.25, 0.3) is 10.8 Å². The highest BCUT2D eigenvalue weighted by molar-refractivity contribution is 7.85. The molecule has 0 spiro atoms. The molecule has 0 aliphatic rings. The molecule has 6 heteroatoms. The fourth-order valence-corrected chi connectivity index (χ4v) is 4.96. The van der Waals surface area contributed by atoms with Gasteiger partial charge < -0.3 is 14.1 Å². The lowest BCUT2D eigenvalue weighted by Crippen LogP contribution is -2.49. The van der Waals surface area contributed by atoms with E-state index in [4.69, 9.17) is 0 Å². The Morgan fingerprint density at radius 2 is 1.29 bits per heavy atom.